The van der Waals surface area contributed by atoms with Gasteiger partial charge >= 0.3 is 0 Å². The molecule has 0 unspecified atom stereocenters. The third-order valence-corrected chi connectivity index (χ3v) is 4.39. The van der Waals surface area contributed by atoms with Crippen molar-refractivity contribution in [3.8, 4) is 0 Å². The van der Waals surface area contributed by atoms with E-state index >= 15 is 0 Å². The number of aliphatic hydroxyl groups is 1. The maximum Gasteiger partial charge on any atom is 0.155 e. The summed E-state index contributed by atoms with van der Waals surface area (Å²) in [6.07, 6.45) is -3.68. The van der Waals surface area contributed by atoms with Crippen LogP contribution in [0.2, 0.25) is 0 Å². The minimum absolute atomic E-state index is 0.291. The van der Waals surface area contributed by atoms with Gasteiger partial charge in [0.1, 0.15) is 17.6 Å². The van der Waals surface area contributed by atoms with Gasteiger partial charge in [-0.3, -0.25) is 0 Å². The van der Waals surface area contributed by atoms with Gasteiger partial charge in [0.2, 0.25) is 0 Å². The smallest absolute Gasteiger partial charge is 0.155 e. The first-order valence-electron chi connectivity index (χ1n) is 6.88. The molecular weight excluding hydrogens is 279 g/mol. The first kappa shape index (κ1) is 15.8. The summed E-state index contributed by atoms with van der Waals surface area (Å²) in [5.74, 6) is 0.802. The first-order chi connectivity index (χ1) is 9.63. The van der Waals surface area contributed by atoms with E-state index in [-0.39, 0.29) is 0 Å². The van der Waals surface area contributed by atoms with Crippen LogP contribution in [0.3, 0.4) is 0 Å². The fourth-order valence-corrected chi connectivity index (χ4v) is 3.17. The first-order valence-corrected chi connectivity index (χ1v) is 7.93. The number of thioether (sulfide) groups is 1. The van der Waals surface area contributed by atoms with E-state index in [1.54, 1.807) is 6.92 Å². The molecule has 0 saturated carbocycles. The summed E-state index contributed by atoms with van der Waals surface area (Å²) in [4.78, 5) is 0. The Labute approximate surface area is 123 Å². The fourth-order valence-electron chi connectivity index (χ4n) is 2.24. The van der Waals surface area contributed by atoms with Crippen molar-refractivity contribution in [3.05, 3.63) is 35.9 Å². The molecule has 5 atom stereocenters. The molecule has 1 aromatic rings. The SMILES string of the molecule is CCS[C@@H]1O[C@@H](C)[C@H](F)[C@@H](OCc2ccccc2)[C@H]1O. The van der Waals surface area contributed by atoms with Crippen molar-refractivity contribution in [1.82, 2.24) is 0 Å². The molecule has 0 aromatic heterocycles. The largest absolute Gasteiger partial charge is 0.387 e. The molecule has 1 aliphatic heterocycles. The van der Waals surface area contributed by atoms with E-state index in [4.69, 9.17) is 9.47 Å². The predicted octanol–water partition coefficient (Wildman–Crippen LogP) is 2.77. The zero-order valence-electron chi connectivity index (χ0n) is 11.7. The van der Waals surface area contributed by atoms with Crippen molar-refractivity contribution in [3.63, 3.8) is 0 Å². The second kappa shape index (κ2) is 7.41. The molecule has 0 amide bonds. The van der Waals surface area contributed by atoms with Gasteiger partial charge in [0.05, 0.1) is 12.7 Å². The van der Waals surface area contributed by atoms with E-state index < -0.39 is 29.9 Å². The predicted molar refractivity (Wildman–Crippen MR) is 78.4 cm³/mol. The summed E-state index contributed by atoms with van der Waals surface area (Å²) in [6, 6.07) is 9.57. The summed E-state index contributed by atoms with van der Waals surface area (Å²) in [5.41, 5.74) is 0.536. The molecule has 2 rings (SSSR count). The maximum atomic E-state index is 14.2. The average Bonchev–Trinajstić information content (AvgIpc) is 2.46. The molecule has 1 saturated heterocycles. The maximum absolute atomic E-state index is 14.2. The van der Waals surface area contributed by atoms with E-state index in [1.807, 2.05) is 37.3 Å². The second-order valence-electron chi connectivity index (χ2n) is 4.86. The van der Waals surface area contributed by atoms with Gasteiger partial charge in [0, 0.05) is 0 Å². The number of ether oxygens (including phenoxy) is 2. The Morgan fingerprint density at radius 1 is 1.35 bits per heavy atom. The van der Waals surface area contributed by atoms with E-state index in [0.29, 0.717) is 6.61 Å². The lowest BCUT2D eigenvalue weighted by Gasteiger charge is -2.40. The van der Waals surface area contributed by atoms with Crippen LogP contribution in [0.1, 0.15) is 19.4 Å². The number of halogens is 1. The zero-order chi connectivity index (χ0) is 14.5. The molecule has 1 aromatic carbocycles. The minimum Gasteiger partial charge on any atom is -0.387 e. The highest BCUT2D eigenvalue weighted by Crippen LogP contribution is 2.31. The molecule has 0 spiro atoms. The molecule has 3 nitrogen and oxygen atoms in total. The molecule has 1 aliphatic rings. The van der Waals surface area contributed by atoms with E-state index in [9.17, 15) is 9.50 Å². The highest BCUT2D eigenvalue weighted by Gasteiger charge is 2.44. The number of benzene rings is 1. The van der Waals surface area contributed by atoms with Crippen LogP contribution >= 0.6 is 11.8 Å². The third kappa shape index (κ3) is 3.73. The molecule has 20 heavy (non-hydrogen) atoms. The van der Waals surface area contributed by atoms with Crippen molar-refractivity contribution in [2.24, 2.45) is 0 Å². The number of hydrogen-bond donors (Lipinski definition) is 1. The summed E-state index contributed by atoms with van der Waals surface area (Å²) < 4.78 is 25.3. The van der Waals surface area contributed by atoms with E-state index in [2.05, 4.69) is 0 Å². The molecule has 0 aliphatic carbocycles. The van der Waals surface area contributed by atoms with Gasteiger partial charge in [-0.25, -0.2) is 4.39 Å². The lowest BCUT2D eigenvalue weighted by Crippen LogP contribution is -2.54. The van der Waals surface area contributed by atoms with Crippen LogP contribution in [0, 0.1) is 0 Å². The molecule has 5 heteroatoms. The second-order valence-corrected chi connectivity index (χ2v) is 6.24. The van der Waals surface area contributed by atoms with Crippen molar-refractivity contribution in [1.29, 1.82) is 0 Å². The standard InChI is InChI=1S/C15H21FO3S/c1-3-20-15-13(17)14(12(16)10(2)19-15)18-9-11-7-5-4-6-8-11/h4-8,10,12-15,17H,3,9H2,1-2H3/t10-,12-,13+,14+,15-/m0/s1. The van der Waals surface area contributed by atoms with Crippen LogP contribution in [-0.4, -0.2) is 40.8 Å². The Bertz CT molecular complexity index is 403. The van der Waals surface area contributed by atoms with Crippen LogP contribution in [-0.2, 0) is 16.1 Å². The Morgan fingerprint density at radius 3 is 2.70 bits per heavy atom. The topological polar surface area (TPSA) is 38.7 Å². The van der Waals surface area contributed by atoms with Crippen molar-refractivity contribution >= 4 is 11.8 Å². The van der Waals surface area contributed by atoms with Gasteiger partial charge in [-0.15, -0.1) is 11.8 Å². The Morgan fingerprint density at radius 2 is 2.05 bits per heavy atom. The molecule has 0 radical (unpaired) electrons. The van der Waals surface area contributed by atoms with Crippen LogP contribution in [0.5, 0.6) is 0 Å². The van der Waals surface area contributed by atoms with Gasteiger partial charge in [0.15, 0.2) is 6.17 Å². The van der Waals surface area contributed by atoms with Crippen LogP contribution in [0.15, 0.2) is 30.3 Å². The number of alkyl halides is 1. The van der Waals surface area contributed by atoms with E-state index in [1.165, 1.54) is 11.8 Å². The van der Waals surface area contributed by atoms with E-state index in [0.717, 1.165) is 11.3 Å². The minimum atomic E-state index is -1.32. The Hall–Kier alpha value is -0.620. The fraction of sp³-hybridized carbons (Fsp3) is 0.600. The van der Waals surface area contributed by atoms with Gasteiger partial charge in [-0.2, -0.15) is 0 Å². The Kier molecular flexibility index (Phi) is 5.84. The lowest BCUT2D eigenvalue weighted by atomic mass is 10.0. The van der Waals surface area contributed by atoms with Crippen molar-refractivity contribution in [2.45, 2.75) is 50.4 Å². The number of aliphatic hydroxyl groups excluding tert-OH is 1. The summed E-state index contributed by atoms with van der Waals surface area (Å²) >= 11 is 1.47. The third-order valence-electron chi connectivity index (χ3n) is 3.34. The van der Waals surface area contributed by atoms with Gasteiger partial charge < -0.3 is 14.6 Å². The van der Waals surface area contributed by atoms with Crippen LogP contribution in [0.4, 0.5) is 4.39 Å². The van der Waals surface area contributed by atoms with Gasteiger partial charge in [-0.05, 0) is 18.2 Å². The van der Waals surface area contributed by atoms with Crippen LogP contribution < -0.4 is 0 Å². The molecule has 0 bridgehead atoms. The Balaban J connectivity index is 1.99. The molecule has 1 heterocycles. The highest BCUT2D eigenvalue weighted by molar-refractivity contribution is 7.99. The quantitative estimate of drug-likeness (QED) is 0.907. The molecule has 112 valence electrons. The summed E-state index contributed by atoms with van der Waals surface area (Å²) in [6.45, 7) is 3.95. The molecule has 1 fully saturated rings. The summed E-state index contributed by atoms with van der Waals surface area (Å²) in [7, 11) is 0. The van der Waals surface area contributed by atoms with Crippen LogP contribution in [0.25, 0.3) is 0 Å². The van der Waals surface area contributed by atoms with Crippen molar-refractivity contribution < 1.29 is 19.0 Å². The van der Waals surface area contributed by atoms with Gasteiger partial charge in [0.25, 0.3) is 0 Å². The van der Waals surface area contributed by atoms with Crippen molar-refractivity contribution in [2.75, 3.05) is 5.75 Å². The zero-order valence-corrected chi connectivity index (χ0v) is 12.6. The number of rotatable bonds is 5. The average molecular weight is 300 g/mol. The molecular formula is C15H21FO3S. The lowest BCUT2D eigenvalue weighted by molar-refractivity contribution is -0.192. The summed E-state index contributed by atoms with van der Waals surface area (Å²) in [5, 5.41) is 10.2. The number of hydrogen-bond acceptors (Lipinski definition) is 4. The monoisotopic (exact) mass is 300 g/mol. The normalized spacial score (nSPS) is 34.1. The van der Waals surface area contributed by atoms with Gasteiger partial charge in [-0.1, -0.05) is 37.3 Å². The highest BCUT2D eigenvalue weighted by atomic mass is 32.2. The molecule has 1 N–H and O–H groups in total.